The van der Waals surface area contributed by atoms with Gasteiger partial charge in [-0.2, -0.15) is 13.2 Å². The van der Waals surface area contributed by atoms with Crippen molar-refractivity contribution in [2.45, 2.75) is 70.1 Å². The number of rotatable bonds is 6. The number of likely N-dealkylation sites (tertiary alicyclic amines) is 1. The lowest BCUT2D eigenvalue weighted by Gasteiger charge is -2.40. The van der Waals surface area contributed by atoms with Gasteiger partial charge in [-0.15, -0.1) is 0 Å². The molecule has 3 amide bonds. The zero-order valence-electron chi connectivity index (χ0n) is 20.9. The summed E-state index contributed by atoms with van der Waals surface area (Å²) < 4.78 is 38.2. The molecular weight excluding hydrogens is 473 g/mol. The van der Waals surface area contributed by atoms with Crippen molar-refractivity contribution in [1.82, 2.24) is 15.1 Å². The van der Waals surface area contributed by atoms with Gasteiger partial charge in [0.25, 0.3) is 5.91 Å². The smallest absolute Gasteiger partial charge is 0.352 e. The Morgan fingerprint density at radius 2 is 1.83 bits per heavy atom. The van der Waals surface area contributed by atoms with Crippen LogP contribution < -0.4 is 10.2 Å². The van der Waals surface area contributed by atoms with Gasteiger partial charge in [-0.1, -0.05) is 12.8 Å². The molecule has 1 N–H and O–H groups in total. The molecule has 0 spiro atoms. The molecule has 0 radical (unpaired) electrons. The molecule has 1 saturated carbocycles. The molecule has 0 aromatic heterocycles. The molecule has 198 valence electrons. The number of anilines is 1. The molecule has 1 atom stereocenters. The van der Waals surface area contributed by atoms with Crippen LogP contribution in [0, 0.1) is 5.92 Å². The molecule has 4 rings (SSSR count). The number of piperidine rings is 1. The van der Waals surface area contributed by atoms with Crippen molar-refractivity contribution in [3.05, 3.63) is 29.3 Å². The maximum absolute atomic E-state index is 13.6. The molecule has 2 heterocycles. The number of hydrogen-bond donors (Lipinski definition) is 1. The molecule has 2 fully saturated rings. The van der Waals surface area contributed by atoms with Crippen LogP contribution in [0.25, 0.3) is 0 Å². The highest BCUT2D eigenvalue weighted by Gasteiger charge is 2.37. The standard InChI is InChI=1S/C26H35F3N4O3/c1-17-13-22(34)15-20-14-19(24(35)30-10-7-18-3-4-18)5-6-23(20)33(17)25(36)31(2)21-8-11-32(12-9-21)16-26(27,28)29/h5-6,14,17-18,21H,3-4,7-13,15-16H2,1-2H3,(H,30,35)/t17-/m0/s1. The number of carbonyl (C=O) groups is 3. The van der Waals surface area contributed by atoms with Gasteiger partial charge in [-0.3, -0.25) is 19.4 Å². The molecule has 1 aliphatic carbocycles. The minimum Gasteiger partial charge on any atom is -0.352 e. The quantitative estimate of drug-likeness (QED) is 0.631. The van der Waals surface area contributed by atoms with Gasteiger partial charge in [-0.25, -0.2) is 4.79 Å². The second-order valence-corrected chi connectivity index (χ2v) is 10.5. The molecule has 2 aliphatic heterocycles. The third-order valence-corrected chi connectivity index (χ3v) is 7.50. The van der Waals surface area contributed by atoms with Gasteiger partial charge >= 0.3 is 12.2 Å². The number of amides is 3. The number of carbonyl (C=O) groups excluding carboxylic acids is 3. The Labute approximate surface area is 210 Å². The number of urea groups is 1. The van der Waals surface area contributed by atoms with E-state index in [2.05, 4.69) is 5.32 Å². The number of ketones is 1. The topological polar surface area (TPSA) is 73.0 Å². The van der Waals surface area contributed by atoms with Crippen LogP contribution in [0.4, 0.5) is 23.7 Å². The van der Waals surface area contributed by atoms with Crippen LogP contribution in [0.1, 0.15) is 61.4 Å². The van der Waals surface area contributed by atoms with E-state index < -0.39 is 12.7 Å². The zero-order valence-corrected chi connectivity index (χ0v) is 20.9. The van der Waals surface area contributed by atoms with E-state index in [4.69, 9.17) is 0 Å². The van der Waals surface area contributed by atoms with Gasteiger partial charge in [0.05, 0.1) is 6.54 Å². The maximum Gasteiger partial charge on any atom is 0.401 e. The average molecular weight is 509 g/mol. The Hall–Kier alpha value is -2.62. The van der Waals surface area contributed by atoms with E-state index in [0.717, 1.165) is 6.42 Å². The third-order valence-electron chi connectivity index (χ3n) is 7.50. The Balaban J connectivity index is 1.46. The van der Waals surface area contributed by atoms with Crippen molar-refractivity contribution in [3.8, 4) is 0 Å². The van der Waals surface area contributed by atoms with Crippen LogP contribution in [0.2, 0.25) is 0 Å². The van der Waals surface area contributed by atoms with Crippen molar-refractivity contribution in [2.24, 2.45) is 5.92 Å². The zero-order chi connectivity index (χ0) is 26.0. The molecule has 3 aliphatic rings. The molecule has 1 saturated heterocycles. The first-order valence-corrected chi connectivity index (χ1v) is 12.8. The number of nitrogens with one attached hydrogen (secondary N) is 1. The summed E-state index contributed by atoms with van der Waals surface area (Å²) in [6.07, 6.45) is 0.418. The van der Waals surface area contributed by atoms with E-state index in [9.17, 15) is 27.6 Å². The number of alkyl halides is 3. The predicted molar refractivity (Wildman–Crippen MR) is 130 cm³/mol. The van der Waals surface area contributed by atoms with Gasteiger partial charge in [-0.05, 0) is 55.9 Å². The van der Waals surface area contributed by atoms with Crippen LogP contribution >= 0.6 is 0 Å². The van der Waals surface area contributed by atoms with Crippen LogP contribution in [-0.4, -0.2) is 79.0 Å². The summed E-state index contributed by atoms with van der Waals surface area (Å²) in [5.41, 5.74) is 1.71. The van der Waals surface area contributed by atoms with Crippen molar-refractivity contribution >= 4 is 23.4 Å². The Kier molecular flexibility index (Phi) is 7.92. The predicted octanol–water partition coefficient (Wildman–Crippen LogP) is 4.01. The molecular formula is C26H35F3N4O3. The second kappa shape index (κ2) is 10.8. The fraction of sp³-hybridized carbons (Fsp3) is 0.654. The SMILES string of the molecule is C[C@H]1CC(=O)Cc2cc(C(=O)NCCC3CC3)ccc2N1C(=O)N(C)C1CCN(CC(F)(F)F)CC1. The summed E-state index contributed by atoms with van der Waals surface area (Å²) in [6.45, 7) is 2.04. The first kappa shape index (κ1) is 26.4. The number of benzene rings is 1. The first-order chi connectivity index (χ1) is 17.0. The van der Waals surface area contributed by atoms with Gasteiger partial charge < -0.3 is 10.2 Å². The summed E-state index contributed by atoms with van der Waals surface area (Å²) in [5.74, 6) is 0.516. The van der Waals surface area contributed by atoms with E-state index >= 15 is 0 Å². The number of halogens is 3. The Morgan fingerprint density at radius 1 is 1.14 bits per heavy atom. The van der Waals surface area contributed by atoms with Crippen LogP contribution in [0.3, 0.4) is 0 Å². The monoisotopic (exact) mass is 508 g/mol. The van der Waals surface area contributed by atoms with E-state index in [0.29, 0.717) is 42.1 Å². The van der Waals surface area contributed by atoms with Crippen LogP contribution in [0.15, 0.2) is 18.2 Å². The summed E-state index contributed by atoms with van der Waals surface area (Å²) in [7, 11) is 1.67. The molecule has 36 heavy (non-hydrogen) atoms. The van der Waals surface area contributed by atoms with Gasteiger partial charge in [0.2, 0.25) is 0 Å². The number of hydrogen-bond acceptors (Lipinski definition) is 4. The molecule has 1 aromatic rings. The lowest BCUT2D eigenvalue weighted by molar-refractivity contribution is -0.148. The summed E-state index contributed by atoms with van der Waals surface area (Å²) in [4.78, 5) is 43.5. The minimum atomic E-state index is -4.24. The third kappa shape index (κ3) is 6.57. The lowest BCUT2D eigenvalue weighted by atomic mass is 10.0. The van der Waals surface area contributed by atoms with E-state index in [1.54, 1.807) is 35.0 Å². The Bertz CT molecular complexity index is 987. The van der Waals surface area contributed by atoms with Crippen molar-refractivity contribution in [1.29, 1.82) is 0 Å². The molecule has 0 unspecified atom stereocenters. The minimum absolute atomic E-state index is 0.00606. The fourth-order valence-corrected chi connectivity index (χ4v) is 5.28. The second-order valence-electron chi connectivity index (χ2n) is 10.5. The highest BCUT2D eigenvalue weighted by Crippen LogP contribution is 2.33. The average Bonchev–Trinajstić information content (AvgIpc) is 3.64. The Morgan fingerprint density at radius 3 is 2.47 bits per heavy atom. The van der Waals surface area contributed by atoms with Crippen molar-refractivity contribution in [3.63, 3.8) is 0 Å². The van der Waals surface area contributed by atoms with Crippen molar-refractivity contribution < 1.29 is 27.6 Å². The first-order valence-electron chi connectivity index (χ1n) is 12.8. The van der Waals surface area contributed by atoms with Crippen molar-refractivity contribution in [2.75, 3.05) is 38.1 Å². The number of fused-ring (bicyclic) bond motifs is 1. The summed E-state index contributed by atoms with van der Waals surface area (Å²) in [6, 6.07) is 4.27. The number of nitrogens with zero attached hydrogens (tertiary/aromatic N) is 3. The highest BCUT2D eigenvalue weighted by atomic mass is 19.4. The van der Waals surface area contributed by atoms with Gasteiger partial charge in [0, 0.05) is 62.9 Å². The molecule has 10 heteroatoms. The largest absolute Gasteiger partial charge is 0.401 e. The normalized spacial score (nSPS) is 21.6. The summed E-state index contributed by atoms with van der Waals surface area (Å²) >= 11 is 0. The van der Waals surface area contributed by atoms with Gasteiger partial charge in [0.1, 0.15) is 5.78 Å². The maximum atomic E-state index is 13.6. The fourth-order valence-electron chi connectivity index (χ4n) is 5.28. The van der Waals surface area contributed by atoms with E-state index in [-0.39, 0.29) is 55.7 Å². The van der Waals surface area contributed by atoms with Crippen LogP contribution in [-0.2, 0) is 11.2 Å². The molecule has 7 nitrogen and oxygen atoms in total. The van der Waals surface area contributed by atoms with Gasteiger partial charge in [0.15, 0.2) is 0 Å². The number of Topliss-reactive ketones (excluding diaryl/α,β-unsaturated/α-hetero) is 1. The lowest BCUT2D eigenvalue weighted by Crippen LogP contribution is -2.53. The van der Waals surface area contributed by atoms with E-state index in [1.807, 2.05) is 6.92 Å². The van der Waals surface area contributed by atoms with E-state index in [1.165, 1.54) is 17.7 Å². The highest BCUT2D eigenvalue weighted by molar-refractivity contribution is 6.00. The molecule has 1 aromatic carbocycles. The van der Waals surface area contributed by atoms with Crippen LogP contribution in [0.5, 0.6) is 0 Å². The molecule has 0 bridgehead atoms. The summed E-state index contributed by atoms with van der Waals surface area (Å²) in [5, 5.41) is 2.94.